The summed E-state index contributed by atoms with van der Waals surface area (Å²) in [4.78, 5) is 11.8. The van der Waals surface area contributed by atoms with Gasteiger partial charge < -0.3 is 20.5 Å². The van der Waals surface area contributed by atoms with E-state index in [1.807, 2.05) is 13.8 Å². The molecule has 1 aromatic rings. The molecule has 0 fully saturated rings. The van der Waals surface area contributed by atoms with E-state index in [4.69, 9.17) is 27.4 Å². The van der Waals surface area contributed by atoms with Crippen LogP contribution in [0.15, 0.2) is 18.2 Å². The second-order valence-corrected chi connectivity index (χ2v) is 4.24. The Balaban J connectivity index is 2.89. The standard InChI is InChI=1S/C13H18N2O3S/c1-3-17-9-5-6-11(18-4-2)10(7-9)15-13(16)8-12(14)19/h5-7H,3-4,8H2,1-2H3,(H2,14,19)(H,15,16). The minimum atomic E-state index is -0.276. The number of carbonyl (C=O) groups excluding carboxylic acids is 1. The highest BCUT2D eigenvalue weighted by atomic mass is 32.1. The number of hydrogen-bond donors (Lipinski definition) is 2. The lowest BCUT2D eigenvalue weighted by Gasteiger charge is -2.13. The number of anilines is 1. The summed E-state index contributed by atoms with van der Waals surface area (Å²) < 4.78 is 10.8. The van der Waals surface area contributed by atoms with Gasteiger partial charge in [-0.1, -0.05) is 12.2 Å². The van der Waals surface area contributed by atoms with Crippen LogP contribution in [0.25, 0.3) is 0 Å². The second-order valence-electron chi connectivity index (χ2n) is 3.72. The molecule has 1 aromatic carbocycles. The van der Waals surface area contributed by atoms with Gasteiger partial charge in [0.2, 0.25) is 5.91 Å². The smallest absolute Gasteiger partial charge is 0.231 e. The number of rotatable bonds is 7. The lowest BCUT2D eigenvalue weighted by atomic mass is 10.2. The Bertz CT molecular complexity index is 463. The van der Waals surface area contributed by atoms with E-state index in [1.54, 1.807) is 18.2 Å². The van der Waals surface area contributed by atoms with Gasteiger partial charge >= 0.3 is 0 Å². The number of nitrogens with two attached hydrogens (primary N) is 1. The fourth-order valence-corrected chi connectivity index (χ4v) is 1.63. The van der Waals surface area contributed by atoms with Crippen LogP contribution in [-0.4, -0.2) is 24.1 Å². The molecule has 19 heavy (non-hydrogen) atoms. The normalized spacial score (nSPS) is 9.79. The van der Waals surface area contributed by atoms with E-state index in [1.165, 1.54) is 0 Å². The van der Waals surface area contributed by atoms with Gasteiger partial charge in [-0.25, -0.2) is 0 Å². The van der Waals surface area contributed by atoms with Gasteiger partial charge in [0.15, 0.2) is 0 Å². The fraction of sp³-hybridized carbons (Fsp3) is 0.385. The summed E-state index contributed by atoms with van der Waals surface area (Å²) in [5, 5.41) is 2.71. The second kappa shape index (κ2) is 7.58. The van der Waals surface area contributed by atoms with Crippen molar-refractivity contribution in [2.24, 2.45) is 5.73 Å². The average molecular weight is 282 g/mol. The number of nitrogens with one attached hydrogen (secondary N) is 1. The quantitative estimate of drug-likeness (QED) is 0.749. The van der Waals surface area contributed by atoms with Crippen LogP contribution in [0.5, 0.6) is 11.5 Å². The van der Waals surface area contributed by atoms with Crippen LogP contribution in [0.2, 0.25) is 0 Å². The summed E-state index contributed by atoms with van der Waals surface area (Å²) in [5.74, 6) is 0.973. The van der Waals surface area contributed by atoms with Gasteiger partial charge in [0.25, 0.3) is 0 Å². The third-order valence-corrected chi connectivity index (χ3v) is 2.32. The summed E-state index contributed by atoms with van der Waals surface area (Å²) in [5.41, 5.74) is 5.89. The van der Waals surface area contributed by atoms with Crippen LogP contribution in [0.3, 0.4) is 0 Å². The van der Waals surface area contributed by atoms with E-state index in [9.17, 15) is 4.79 Å². The topological polar surface area (TPSA) is 73.6 Å². The van der Waals surface area contributed by atoms with Crippen LogP contribution in [0, 0.1) is 0 Å². The van der Waals surface area contributed by atoms with Gasteiger partial charge in [0.05, 0.1) is 30.3 Å². The first kappa shape index (κ1) is 15.2. The molecule has 0 spiro atoms. The van der Waals surface area contributed by atoms with Crippen molar-refractivity contribution < 1.29 is 14.3 Å². The monoisotopic (exact) mass is 282 g/mol. The van der Waals surface area contributed by atoms with E-state index in [2.05, 4.69) is 5.32 Å². The SMILES string of the molecule is CCOc1ccc(OCC)c(NC(=O)CC(N)=S)c1. The van der Waals surface area contributed by atoms with Gasteiger partial charge in [-0.05, 0) is 26.0 Å². The molecule has 0 aliphatic heterocycles. The molecule has 104 valence electrons. The van der Waals surface area contributed by atoms with Gasteiger partial charge in [-0.3, -0.25) is 4.79 Å². The maximum absolute atomic E-state index is 11.7. The molecule has 0 aliphatic carbocycles. The van der Waals surface area contributed by atoms with Crippen LogP contribution in [0.4, 0.5) is 5.69 Å². The third-order valence-electron chi connectivity index (χ3n) is 2.17. The van der Waals surface area contributed by atoms with Crippen molar-refractivity contribution in [1.82, 2.24) is 0 Å². The molecule has 0 unspecified atom stereocenters. The molecular formula is C13H18N2O3S. The van der Waals surface area contributed by atoms with Crippen LogP contribution in [-0.2, 0) is 4.79 Å². The van der Waals surface area contributed by atoms with Gasteiger partial charge in [-0.2, -0.15) is 0 Å². The summed E-state index contributed by atoms with van der Waals surface area (Å²) in [6, 6.07) is 5.26. The highest BCUT2D eigenvalue weighted by Gasteiger charge is 2.10. The van der Waals surface area contributed by atoms with Crippen molar-refractivity contribution in [3.8, 4) is 11.5 Å². The minimum Gasteiger partial charge on any atom is -0.494 e. The highest BCUT2D eigenvalue weighted by molar-refractivity contribution is 7.80. The molecule has 0 radical (unpaired) electrons. The molecular weight excluding hydrogens is 264 g/mol. The van der Waals surface area contributed by atoms with E-state index >= 15 is 0 Å². The van der Waals surface area contributed by atoms with Crippen molar-refractivity contribution in [1.29, 1.82) is 0 Å². The molecule has 6 heteroatoms. The first-order chi connectivity index (χ1) is 9.06. The van der Waals surface area contributed by atoms with Crippen molar-refractivity contribution in [3.63, 3.8) is 0 Å². The van der Waals surface area contributed by atoms with Crippen molar-refractivity contribution in [2.45, 2.75) is 20.3 Å². The van der Waals surface area contributed by atoms with E-state index in [0.29, 0.717) is 30.4 Å². The van der Waals surface area contributed by atoms with Crippen molar-refractivity contribution in [2.75, 3.05) is 18.5 Å². The molecule has 0 bridgehead atoms. The van der Waals surface area contributed by atoms with E-state index in [0.717, 1.165) is 0 Å². The molecule has 0 aromatic heterocycles. The van der Waals surface area contributed by atoms with Gasteiger partial charge in [-0.15, -0.1) is 0 Å². The Kier molecular flexibility index (Phi) is 6.08. The predicted molar refractivity (Wildman–Crippen MR) is 78.8 cm³/mol. The summed E-state index contributed by atoms with van der Waals surface area (Å²) in [6.07, 6.45) is -0.000237. The number of thiocarbonyl (C=S) groups is 1. The molecule has 1 rings (SSSR count). The fourth-order valence-electron chi connectivity index (χ4n) is 1.50. The largest absolute Gasteiger partial charge is 0.494 e. The lowest BCUT2D eigenvalue weighted by molar-refractivity contribution is -0.115. The summed E-state index contributed by atoms with van der Waals surface area (Å²) >= 11 is 4.70. The number of amides is 1. The zero-order chi connectivity index (χ0) is 14.3. The Labute approximate surface area is 118 Å². The average Bonchev–Trinajstić information content (AvgIpc) is 2.32. The first-order valence-electron chi connectivity index (χ1n) is 6.04. The third kappa shape index (κ3) is 5.13. The zero-order valence-electron chi connectivity index (χ0n) is 11.1. The Morgan fingerprint density at radius 1 is 1.32 bits per heavy atom. The minimum absolute atomic E-state index is 0.000237. The molecule has 0 saturated heterocycles. The van der Waals surface area contributed by atoms with Crippen molar-refractivity contribution >= 4 is 28.8 Å². The molecule has 3 N–H and O–H groups in total. The number of carbonyl (C=O) groups is 1. The highest BCUT2D eigenvalue weighted by Crippen LogP contribution is 2.29. The number of hydrogen-bond acceptors (Lipinski definition) is 4. The Morgan fingerprint density at radius 3 is 2.58 bits per heavy atom. The first-order valence-corrected chi connectivity index (χ1v) is 6.45. The Hall–Kier alpha value is -1.82. The van der Waals surface area contributed by atoms with Crippen molar-refractivity contribution in [3.05, 3.63) is 18.2 Å². The van der Waals surface area contributed by atoms with Crippen LogP contribution in [0.1, 0.15) is 20.3 Å². The van der Waals surface area contributed by atoms with E-state index in [-0.39, 0.29) is 17.3 Å². The van der Waals surface area contributed by atoms with Crippen LogP contribution >= 0.6 is 12.2 Å². The van der Waals surface area contributed by atoms with Crippen LogP contribution < -0.4 is 20.5 Å². The summed E-state index contributed by atoms with van der Waals surface area (Å²) in [7, 11) is 0. The molecule has 0 aliphatic rings. The lowest BCUT2D eigenvalue weighted by Crippen LogP contribution is -2.20. The molecule has 0 saturated carbocycles. The molecule has 0 atom stereocenters. The summed E-state index contributed by atoms with van der Waals surface area (Å²) in [6.45, 7) is 4.82. The maximum Gasteiger partial charge on any atom is 0.231 e. The predicted octanol–water partition coefficient (Wildman–Crippen LogP) is 2.10. The zero-order valence-corrected chi connectivity index (χ0v) is 11.9. The number of ether oxygens (including phenoxy) is 2. The van der Waals surface area contributed by atoms with Gasteiger partial charge in [0.1, 0.15) is 11.5 Å². The molecule has 1 amide bonds. The maximum atomic E-state index is 11.7. The van der Waals surface area contributed by atoms with Gasteiger partial charge in [0, 0.05) is 6.07 Å². The molecule has 5 nitrogen and oxygen atoms in total. The number of benzene rings is 1. The van der Waals surface area contributed by atoms with E-state index < -0.39 is 0 Å². The molecule has 0 heterocycles. The Morgan fingerprint density at radius 2 is 2.00 bits per heavy atom.